The Kier molecular flexibility index (Phi) is 7.35. The van der Waals surface area contributed by atoms with Crippen LogP contribution in [0.25, 0.3) is 0 Å². The lowest BCUT2D eigenvalue weighted by Crippen LogP contribution is -1.99. The molecule has 3 aromatic carbocycles. The number of hydrogen-bond donors (Lipinski definition) is 0. The van der Waals surface area contributed by atoms with Crippen LogP contribution in [0.3, 0.4) is 0 Å². The summed E-state index contributed by atoms with van der Waals surface area (Å²) in [5.41, 5.74) is 3.29. The highest BCUT2D eigenvalue weighted by Gasteiger charge is 2.05. The molecule has 0 radical (unpaired) electrons. The van der Waals surface area contributed by atoms with Crippen LogP contribution in [0, 0.1) is 5.82 Å². The molecule has 0 N–H and O–H groups in total. The van der Waals surface area contributed by atoms with E-state index < -0.39 is 10.8 Å². The molecule has 1 nitrogen and oxygen atoms in total. The summed E-state index contributed by atoms with van der Waals surface area (Å²) in [6.07, 6.45) is 0. The summed E-state index contributed by atoms with van der Waals surface area (Å²) in [4.78, 5) is 1.14. The maximum Gasteiger partial charge on any atom is 0.123 e. The first kappa shape index (κ1) is 19.2. The van der Waals surface area contributed by atoms with Crippen LogP contribution < -0.4 is 0 Å². The molecule has 26 heavy (non-hydrogen) atoms. The molecule has 0 heterocycles. The van der Waals surface area contributed by atoms with Gasteiger partial charge in [-0.3, -0.25) is 4.21 Å². The molecular formula is C21H19FOS3. The molecule has 0 saturated carbocycles. The Bertz CT molecular complexity index is 851. The molecule has 0 aliphatic rings. The van der Waals surface area contributed by atoms with Crippen molar-refractivity contribution in [2.75, 3.05) is 0 Å². The van der Waals surface area contributed by atoms with E-state index in [-0.39, 0.29) is 5.82 Å². The van der Waals surface area contributed by atoms with Crippen LogP contribution in [-0.2, 0) is 28.1 Å². The first-order valence-corrected chi connectivity index (χ1v) is 12.0. The van der Waals surface area contributed by atoms with Crippen molar-refractivity contribution in [1.29, 1.82) is 0 Å². The highest BCUT2D eigenvalue weighted by molar-refractivity contribution is 8.76. The van der Waals surface area contributed by atoms with Crippen molar-refractivity contribution < 1.29 is 8.60 Å². The highest BCUT2D eigenvalue weighted by Crippen LogP contribution is 2.34. The Morgan fingerprint density at radius 1 is 0.769 bits per heavy atom. The van der Waals surface area contributed by atoms with E-state index in [0.29, 0.717) is 11.5 Å². The summed E-state index contributed by atoms with van der Waals surface area (Å²) >= 11 is 0. The number of hydrogen-bond acceptors (Lipinski definition) is 3. The van der Waals surface area contributed by atoms with Crippen molar-refractivity contribution in [3.05, 3.63) is 101 Å². The number of benzene rings is 3. The molecular weight excluding hydrogens is 383 g/mol. The van der Waals surface area contributed by atoms with Crippen LogP contribution >= 0.6 is 21.6 Å². The average Bonchev–Trinajstić information content (AvgIpc) is 2.64. The molecule has 0 saturated heterocycles. The monoisotopic (exact) mass is 402 g/mol. The third-order valence-electron chi connectivity index (χ3n) is 3.69. The minimum Gasteiger partial charge on any atom is -0.259 e. The SMILES string of the molecule is O=S(Cc1ccccc1)Cc1cccc(SSCc2ccc(F)cc2)c1. The summed E-state index contributed by atoms with van der Waals surface area (Å²) in [5, 5.41) is 0. The van der Waals surface area contributed by atoms with Crippen LogP contribution in [0.1, 0.15) is 16.7 Å². The molecule has 1 atom stereocenters. The summed E-state index contributed by atoms with van der Waals surface area (Å²) in [6.45, 7) is 0. The minimum absolute atomic E-state index is 0.206. The third-order valence-corrected chi connectivity index (χ3v) is 7.30. The van der Waals surface area contributed by atoms with Crippen molar-refractivity contribution in [3.8, 4) is 0 Å². The van der Waals surface area contributed by atoms with E-state index >= 15 is 0 Å². The molecule has 0 fully saturated rings. The van der Waals surface area contributed by atoms with Crippen LogP contribution in [0.4, 0.5) is 4.39 Å². The van der Waals surface area contributed by atoms with E-state index in [1.54, 1.807) is 21.6 Å². The van der Waals surface area contributed by atoms with Gasteiger partial charge in [0, 0.05) is 33.0 Å². The summed E-state index contributed by atoms with van der Waals surface area (Å²) in [5.74, 6) is 1.75. The zero-order chi connectivity index (χ0) is 18.2. The standard InChI is InChI=1S/C21H19FOS3/c22-20-11-9-17(10-12-20)14-24-25-21-8-4-7-19(13-21)16-26(23)15-18-5-2-1-3-6-18/h1-13H,14-16H2. The van der Waals surface area contributed by atoms with Gasteiger partial charge in [0.05, 0.1) is 0 Å². The number of halogens is 1. The van der Waals surface area contributed by atoms with E-state index in [9.17, 15) is 8.60 Å². The fourth-order valence-corrected chi connectivity index (χ4v) is 5.81. The summed E-state index contributed by atoms with van der Waals surface area (Å²) in [7, 11) is 2.48. The van der Waals surface area contributed by atoms with E-state index in [1.165, 1.54) is 12.1 Å². The molecule has 0 bridgehead atoms. The Hall–Kier alpha value is -1.56. The van der Waals surface area contributed by atoms with Crippen LogP contribution in [0.5, 0.6) is 0 Å². The predicted octanol–water partition coefficient (Wildman–Crippen LogP) is 6.22. The van der Waals surface area contributed by atoms with Crippen molar-refractivity contribution in [1.82, 2.24) is 0 Å². The molecule has 3 rings (SSSR count). The second-order valence-corrected chi connectivity index (χ2v) is 9.66. The van der Waals surface area contributed by atoms with Gasteiger partial charge in [0.25, 0.3) is 0 Å². The van der Waals surface area contributed by atoms with E-state index in [4.69, 9.17) is 0 Å². The van der Waals surface area contributed by atoms with Gasteiger partial charge in [-0.2, -0.15) is 0 Å². The van der Waals surface area contributed by atoms with E-state index in [2.05, 4.69) is 12.1 Å². The molecule has 0 aliphatic carbocycles. The second kappa shape index (κ2) is 9.95. The first-order valence-electron chi connectivity index (χ1n) is 8.21. The lowest BCUT2D eigenvalue weighted by Gasteiger charge is -2.06. The average molecular weight is 403 g/mol. The van der Waals surface area contributed by atoms with Gasteiger partial charge in [0.2, 0.25) is 0 Å². The summed E-state index contributed by atoms with van der Waals surface area (Å²) in [6, 6.07) is 24.7. The predicted molar refractivity (Wildman–Crippen MR) is 112 cm³/mol. The maximum atomic E-state index is 12.9. The van der Waals surface area contributed by atoms with Gasteiger partial charge in [-0.15, -0.1) is 0 Å². The zero-order valence-electron chi connectivity index (χ0n) is 14.1. The quantitative estimate of drug-likeness (QED) is 0.417. The molecule has 0 spiro atoms. The van der Waals surface area contributed by atoms with E-state index in [1.807, 2.05) is 54.6 Å². The lowest BCUT2D eigenvalue weighted by atomic mass is 10.2. The van der Waals surface area contributed by atoms with Crippen LogP contribution in [-0.4, -0.2) is 4.21 Å². The largest absolute Gasteiger partial charge is 0.259 e. The first-order chi connectivity index (χ1) is 12.7. The van der Waals surface area contributed by atoms with Crippen LogP contribution in [0.15, 0.2) is 83.8 Å². The van der Waals surface area contributed by atoms with Gasteiger partial charge in [-0.1, -0.05) is 76.2 Å². The Balaban J connectivity index is 1.51. The van der Waals surface area contributed by atoms with Gasteiger partial charge >= 0.3 is 0 Å². The maximum absolute atomic E-state index is 12.9. The molecule has 0 aromatic heterocycles. The Labute approximate surface area is 164 Å². The molecule has 5 heteroatoms. The number of rotatable bonds is 8. The van der Waals surface area contributed by atoms with Gasteiger partial charge in [-0.05, 0) is 41.0 Å². The fourth-order valence-electron chi connectivity index (χ4n) is 2.43. The molecule has 134 valence electrons. The van der Waals surface area contributed by atoms with Crippen molar-refractivity contribution in [2.45, 2.75) is 22.2 Å². The molecule has 1 unspecified atom stereocenters. The molecule has 0 amide bonds. The lowest BCUT2D eigenvalue weighted by molar-refractivity contribution is 0.627. The zero-order valence-corrected chi connectivity index (χ0v) is 16.6. The second-order valence-electron chi connectivity index (χ2n) is 5.83. The highest BCUT2D eigenvalue weighted by atomic mass is 33.1. The Morgan fingerprint density at radius 3 is 2.23 bits per heavy atom. The molecule has 0 aliphatic heterocycles. The van der Waals surface area contributed by atoms with Crippen molar-refractivity contribution in [2.24, 2.45) is 0 Å². The Morgan fingerprint density at radius 2 is 1.46 bits per heavy atom. The van der Waals surface area contributed by atoms with Crippen LogP contribution in [0.2, 0.25) is 0 Å². The van der Waals surface area contributed by atoms with Gasteiger partial charge in [0.15, 0.2) is 0 Å². The molecule has 3 aromatic rings. The normalized spacial score (nSPS) is 12.0. The minimum atomic E-state index is -0.920. The summed E-state index contributed by atoms with van der Waals surface area (Å²) < 4.78 is 25.3. The van der Waals surface area contributed by atoms with Gasteiger partial charge in [0.1, 0.15) is 5.82 Å². The van der Waals surface area contributed by atoms with Gasteiger partial charge < -0.3 is 0 Å². The van der Waals surface area contributed by atoms with Crippen molar-refractivity contribution in [3.63, 3.8) is 0 Å². The fraction of sp³-hybridized carbons (Fsp3) is 0.143. The van der Waals surface area contributed by atoms with Crippen molar-refractivity contribution >= 4 is 32.4 Å². The topological polar surface area (TPSA) is 17.1 Å². The van der Waals surface area contributed by atoms with E-state index in [0.717, 1.165) is 27.3 Å². The third kappa shape index (κ3) is 6.31. The smallest absolute Gasteiger partial charge is 0.123 e. The van der Waals surface area contributed by atoms with Gasteiger partial charge in [-0.25, -0.2) is 4.39 Å².